The Bertz CT molecular complexity index is 332. The van der Waals surface area contributed by atoms with Crippen LogP contribution in [0.15, 0.2) is 12.1 Å². The van der Waals surface area contributed by atoms with Crippen molar-refractivity contribution in [2.45, 2.75) is 20.8 Å². The van der Waals surface area contributed by atoms with E-state index in [1.165, 1.54) is 0 Å². The molecule has 0 aliphatic rings. The Morgan fingerprint density at radius 1 is 1.23 bits per heavy atom. The maximum atomic E-state index is 10.6. The molecule has 66 valence electrons. The number of aromatic carboxylic acids is 1. The van der Waals surface area contributed by atoms with Crippen molar-refractivity contribution >= 4 is 33.3 Å². The molecule has 1 aromatic carbocycles. The summed E-state index contributed by atoms with van der Waals surface area (Å²) in [7, 11) is 0. The molecule has 0 aliphatic carbocycles. The van der Waals surface area contributed by atoms with Gasteiger partial charge in [0.1, 0.15) is 0 Å². The van der Waals surface area contributed by atoms with Gasteiger partial charge in [-0.2, -0.15) is 0 Å². The van der Waals surface area contributed by atoms with Crippen molar-refractivity contribution in [1.82, 2.24) is 0 Å². The van der Waals surface area contributed by atoms with E-state index in [0.717, 1.165) is 16.7 Å². The van der Waals surface area contributed by atoms with Crippen LogP contribution in [-0.2, 0) is 0 Å². The molecule has 0 saturated carbocycles. The zero-order valence-electron chi connectivity index (χ0n) is 8.05. The number of benzene rings is 1. The van der Waals surface area contributed by atoms with Crippen molar-refractivity contribution in [2.24, 2.45) is 0 Å². The van der Waals surface area contributed by atoms with E-state index in [4.69, 9.17) is 0 Å². The van der Waals surface area contributed by atoms with Crippen molar-refractivity contribution in [3.8, 4) is 0 Å². The molecule has 2 nitrogen and oxygen atoms in total. The smallest absolute Gasteiger partial charge is 0.545 e. The summed E-state index contributed by atoms with van der Waals surface area (Å²) >= 11 is 0. The average molecular weight is 368 g/mol. The number of carboxylic acid groups (broad SMARTS) is 1. The van der Waals surface area contributed by atoms with Crippen molar-refractivity contribution in [3.05, 3.63) is 34.4 Å². The first-order valence-electron chi connectivity index (χ1n) is 3.81. The molecular weight excluding hydrogens is 356 g/mol. The summed E-state index contributed by atoms with van der Waals surface area (Å²) in [6, 6.07) is 3.60. The van der Waals surface area contributed by atoms with Crippen LogP contribution in [0.25, 0.3) is 0 Å². The van der Waals surface area contributed by atoms with Crippen LogP contribution >= 0.6 is 0 Å². The van der Waals surface area contributed by atoms with Crippen LogP contribution in [0.4, 0.5) is 0 Å². The summed E-state index contributed by atoms with van der Waals surface area (Å²) in [4.78, 5) is 10.6. The molecule has 0 N–H and O–H groups in total. The van der Waals surface area contributed by atoms with Gasteiger partial charge in [-0.15, -0.1) is 0 Å². The molecule has 0 fully saturated rings. The molecule has 3 heteroatoms. The quantitative estimate of drug-likeness (QED) is 0.682. The maximum absolute atomic E-state index is 10.6. The molecule has 0 radical (unpaired) electrons. The summed E-state index contributed by atoms with van der Waals surface area (Å²) in [6.07, 6.45) is 0. The molecule has 0 heterocycles. The monoisotopic (exact) mass is 368 g/mol. The van der Waals surface area contributed by atoms with Crippen LogP contribution < -0.4 is 5.11 Å². The Kier molecular flexibility index (Phi) is 4.60. The van der Waals surface area contributed by atoms with Gasteiger partial charge in [-0.1, -0.05) is 11.6 Å². The number of carbonyl (C=O) groups excluding carboxylic acids is 1. The van der Waals surface area contributed by atoms with Gasteiger partial charge in [0.05, 0.1) is 5.97 Å². The predicted molar refractivity (Wildman–Crippen MR) is 50.7 cm³/mol. The molecule has 0 saturated heterocycles. The first-order valence-corrected chi connectivity index (χ1v) is 3.81. The summed E-state index contributed by atoms with van der Waals surface area (Å²) < 4.78 is 0. The number of carboxylic acids is 1. The minimum absolute atomic E-state index is 0. The topological polar surface area (TPSA) is 40.1 Å². The van der Waals surface area contributed by atoms with E-state index in [1.54, 1.807) is 13.0 Å². The van der Waals surface area contributed by atoms with E-state index in [9.17, 15) is 9.90 Å². The summed E-state index contributed by atoms with van der Waals surface area (Å²) in [5, 5.41) is 10.6. The van der Waals surface area contributed by atoms with Crippen LogP contribution in [0, 0.1) is 20.8 Å². The van der Waals surface area contributed by atoms with Gasteiger partial charge in [-0.25, -0.2) is 0 Å². The van der Waals surface area contributed by atoms with E-state index in [2.05, 4.69) is 0 Å². The van der Waals surface area contributed by atoms with Gasteiger partial charge >= 0.3 is 27.3 Å². The van der Waals surface area contributed by atoms with Crippen LogP contribution in [0.5, 0.6) is 0 Å². The van der Waals surface area contributed by atoms with Crippen molar-refractivity contribution in [1.29, 1.82) is 0 Å². The van der Waals surface area contributed by atoms with Crippen LogP contribution in [0.2, 0.25) is 0 Å². The molecule has 0 bridgehead atoms. The minimum Gasteiger partial charge on any atom is -0.545 e. The Morgan fingerprint density at radius 3 is 2.23 bits per heavy atom. The van der Waals surface area contributed by atoms with E-state index in [-0.39, 0.29) is 27.3 Å². The van der Waals surface area contributed by atoms with Gasteiger partial charge in [0, 0.05) is 5.56 Å². The molecule has 0 amide bonds. The third kappa shape index (κ3) is 2.79. The summed E-state index contributed by atoms with van der Waals surface area (Å²) in [5.74, 6) is -1.10. The molecule has 0 unspecified atom stereocenters. The molecule has 0 spiro atoms. The Labute approximate surface area is 98.1 Å². The van der Waals surface area contributed by atoms with Gasteiger partial charge in [-0.05, 0) is 38.0 Å². The average Bonchev–Trinajstić information content (AvgIpc) is 1.96. The molecule has 0 aromatic heterocycles. The Morgan fingerprint density at radius 2 is 1.77 bits per heavy atom. The summed E-state index contributed by atoms with van der Waals surface area (Å²) in [6.45, 7) is 5.56. The summed E-state index contributed by atoms with van der Waals surface area (Å²) in [5.41, 5.74) is 3.04. The van der Waals surface area contributed by atoms with Gasteiger partial charge in [-0.3, -0.25) is 0 Å². The van der Waals surface area contributed by atoms with Crippen molar-refractivity contribution in [2.75, 3.05) is 0 Å². The fourth-order valence-corrected chi connectivity index (χ4v) is 1.25. The normalized spacial score (nSPS) is 9.15. The molecule has 0 atom stereocenters. The van der Waals surface area contributed by atoms with E-state index in [1.807, 2.05) is 19.9 Å². The van der Waals surface area contributed by atoms with Crippen LogP contribution in [-0.4, -0.2) is 33.3 Å². The van der Waals surface area contributed by atoms with Gasteiger partial charge in [0.15, 0.2) is 0 Å². The number of rotatable bonds is 1. The number of hydrogen-bond acceptors (Lipinski definition) is 2. The zero-order valence-corrected chi connectivity index (χ0v) is 12.5. The third-order valence-electron chi connectivity index (χ3n) is 2.03. The maximum Gasteiger partial charge on any atom is 1.00 e. The second-order valence-corrected chi connectivity index (χ2v) is 3.04. The van der Waals surface area contributed by atoms with Gasteiger partial charge in [0.2, 0.25) is 0 Å². The minimum atomic E-state index is -1.10. The first kappa shape index (κ1) is 12.6. The number of hydrogen-bond donors (Lipinski definition) is 0. The predicted octanol–water partition coefficient (Wildman–Crippen LogP) is 0.595. The van der Waals surface area contributed by atoms with E-state index in [0.29, 0.717) is 5.56 Å². The third-order valence-corrected chi connectivity index (χ3v) is 2.03. The fourth-order valence-electron chi connectivity index (χ4n) is 1.25. The molecule has 13 heavy (non-hydrogen) atoms. The zero-order chi connectivity index (χ0) is 9.30. The van der Waals surface area contributed by atoms with Crippen molar-refractivity contribution < 1.29 is 9.90 Å². The molecule has 1 rings (SSSR count). The first-order chi connectivity index (χ1) is 5.52. The fraction of sp³-hybridized carbons (Fsp3) is 0.300. The Hall–Kier alpha value is -0.388. The molecular formula is C10H11O2Tl. The number of aryl methyl sites for hydroxylation is 2. The van der Waals surface area contributed by atoms with E-state index < -0.39 is 5.97 Å². The van der Waals surface area contributed by atoms with Crippen molar-refractivity contribution in [3.63, 3.8) is 0 Å². The van der Waals surface area contributed by atoms with Crippen LogP contribution in [0.3, 0.4) is 0 Å². The number of carbonyl (C=O) groups is 1. The van der Waals surface area contributed by atoms with Gasteiger partial charge < -0.3 is 9.90 Å². The largest absolute Gasteiger partial charge is 1.00 e. The molecule has 1 aromatic rings. The second-order valence-electron chi connectivity index (χ2n) is 3.04. The molecule has 0 aliphatic heterocycles. The van der Waals surface area contributed by atoms with Crippen LogP contribution in [0.1, 0.15) is 27.0 Å². The second kappa shape index (κ2) is 4.74. The SMILES string of the molecule is Cc1cc(C)c(C)c(C(=O)[O-])c1.[Tl+]. The Balaban J connectivity index is 0.00000144. The van der Waals surface area contributed by atoms with E-state index >= 15 is 0 Å². The standard InChI is InChI=1S/C10H12O2.Tl/c1-6-4-7(2)8(3)9(5-6)10(11)12;/h4-5H,1-3H3,(H,11,12);/q;+1/p-1. The van der Waals surface area contributed by atoms with Gasteiger partial charge in [0.25, 0.3) is 0 Å².